The van der Waals surface area contributed by atoms with E-state index in [-0.39, 0.29) is 0 Å². The number of hydrogen-bond acceptors (Lipinski definition) is 1. The molecule has 2 unspecified atom stereocenters. The Balaban J connectivity index is 1.95. The lowest BCUT2D eigenvalue weighted by Crippen LogP contribution is -2.34. The lowest BCUT2D eigenvalue weighted by molar-refractivity contribution is 0.225. The van der Waals surface area contributed by atoms with Gasteiger partial charge in [0, 0.05) is 23.8 Å². The van der Waals surface area contributed by atoms with Crippen LogP contribution >= 0.6 is 15.9 Å². The molecule has 1 saturated carbocycles. The Bertz CT molecular complexity index is 334. The van der Waals surface area contributed by atoms with E-state index >= 15 is 0 Å². The molecule has 0 aromatic heterocycles. The van der Waals surface area contributed by atoms with Crippen molar-refractivity contribution >= 4 is 15.9 Å². The van der Waals surface area contributed by atoms with Crippen LogP contribution in [0.4, 0.5) is 0 Å². The first-order valence-electron chi connectivity index (χ1n) is 6.53. The minimum Gasteiger partial charge on any atom is -0.303 e. The molecule has 2 rings (SSSR count). The summed E-state index contributed by atoms with van der Waals surface area (Å²) in [7, 11) is 2.27. The molecule has 2 heteroatoms. The maximum Gasteiger partial charge on any atom is 0.0112 e. The number of benzene rings is 1. The minimum absolute atomic E-state index is 0.599. The van der Waals surface area contributed by atoms with Crippen molar-refractivity contribution in [3.8, 4) is 0 Å². The van der Waals surface area contributed by atoms with Gasteiger partial charge in [0.05, 0.1) is 0 Å². The molecule has 0 radical (unpaired) electrons. The van der Waals surface area contributed by atoms with Crippen molar-refractivity contribution in [1.29, 1.82) is 0 Å². The third-order valence-corrected chi connectivity index (χ3v) is 4.75. The fourth-order valence-corrected chi connectivity index (χ4v) is 3.00. The quantitative estimate of drug-likeness (QED) is 0.720. The molecule has 0 amide bonds. The van der Waals surface area contributed by atoms with E-state index in [9.17, 15) is 0 Å². The fourth-order valence-electron chi connectivity index (χ4n) is 2.42. The number of nitrogens with zero attached hydrogens (tertiary/aromatic N) is 1. The summed E-state index contributed by atoms with van der Waals surface area (Å²) in [5.74, 6) is 1.55. The Morgan fingerprint density at radius 3 is 2.47 bits per heavy atom. The second-order valence-corrected chi connectivity index (χ2v) is 5.93. The lowest BCUT2D eigenvalue weighted by atomic mass is 10.00. The van der Waals surface area contributed by atoms with Crippen LogP contribution in [-0.4, -0.2) is 29.9 Å². The number of likely N-dealkylation sites (N-methyl/N-ethyl adjacent to an activating group) is 1. The Kier molecular flexibility index (Phi) is 4.63. The normalized spacial score (nSPS) is 19.3. The molecule has 0 N–H and O–H groups in total. The van der Waals surface area contributed by atoms with Gasteiger partial charge >= 0.3 is 0 Å². The van der Waals surface area contributed by atoms with E-state index in [1.54, 1.807) is 0 Å². The summed E-state index contributed by atoms with van der Waals surface area (Å²) < 4.78 is 0. The zero-order valence-electron chi connectivity index (χ0n) is 10.8. The van der Waals surface area contributed by atoms with Crippen molar-refractivity contribution in [2.75, 3.05) is 18.9 Å². The first-order valence-corrected chi connectivity index (χ1v) is 7.65. The van der Waals surface area contributed by atoms with E-state index in [1.165, 1.54) is 18.4 Å². The number of halogens is 1. The highest BCUT2D eigenvalue weighted by Gasteiger charge is 2.31. The van der Waals surface area contributed by atoms with Gasteiger partial charge in [0.2, 0.25) is 0 Å². The molecule has 0 heterocycles. The first-order chi connectivity index (χ1) is 8.22. The molecule has 0 bridgehead atoms. The van der Waals surface area contributed by atoms with E-state index in [0.29, 0.717) is 5.92 Å². The van der Waals surface area contributed by atoms with Crippen LogP contribution in [0.3, 0.4) is 0 Å². The molecule has 0 saturated heterocycles. The van der Waals surface area contributed by atoms with E-state index in [1.807, 2.05) is 0 Å². The maximum absolute atomic E-state index is 3.66. The lowest BCUT2D eigenvalue weighted by Gasteiger charge is -2.28. The van der Waals surface area contributed by atoms with Crippen molar-refractivity contribution in [1.82, 2.24) is 4.90 Å². The van der Waals surface area contributed by atoms with E-state index < -0.39 is 0 Å². The van der Waals surface area contributed by atoms with E-state index in [4.69, 9.17) is 0 Å². The second kappa shape index (κ2) is 6.01. The van der Waals surface area contributed by atoms with E-state index in [2.05, 4.69) is 65.1 Å². The molecule has 17 heavy (non-hydrogen) atoms. The monoisotopic (exact) mass is 295 g/mol. The number of alkyl halides is 1. The third kappa shape index (κ3) is 3.56. The van der Waals surface area contributed by atoms with Gasteiger partial charge in [-0.05, 0) is 38.3 Å². The van der Waals surface area contributed by atoms with Crippen molar-refractivity contribution in [3.05, 3.63) is 35.9 Å². The van der Waals surface area contributed by atoms with Gasteiger partial charge in [0.25, 0.3) is 0 Å². The van der Waals surface area contributed by atoms with Crippen molar-refractivity contribution in [3.63, 3.8) is 0 Å². The molecular weight excluding hydrogens is 274 g/mol. The molecule has 1 nitrogen and oxygen atoms in total. The summed E-state index contributed by atoms with van der Waals surface area (Å²) in [4.78, 5) is 2.52. The molecule has 0 aliphatic heterocycles. The van der Waals surface area contributed by atoms with Crippen LogP contribution in [0.15, 0.2) is 30.3 Å². The molecule has 1 aliphatic carbocycles. The Hall–Kier alpha value is -0.340. The van der Waals surface area contributed by atoms with Gasteiger partial charge in [-0.3, -0.25) is 0 Å². The van der Waals surface area contributed by atoms with Gasteiger partial charge in [-0.15, -0.1) is 0 Å². The molecule has 1 fully saturated rings. The highest BCUT2D eigenvalue weighted by atomic mass is 79.9. The molecule has 2 atom stereocenters. The summed E-state index contributed by atoms with van der Waals surface area (Å²) in [6.07, 6.45) is 2.85. The number of rotatable bonds is 6. The predicted molar refractivity (Wildman–Crippen MR) is 77.8 cm³/mol. The highest BCUT2D eigenvalue weighted by Crippen LogP contribution is 2.35. The predicted octanol–water partition coefficient (Wildman–Crippen LogP) is 3.90. The molecule has 1 aliphatic rings. The zero-order chi connectivity index (χ0) is 12.3. The largest absolute Gasteiger partial charge is 0.303 e. The average molecular weight is 296 g/mol. The van der Waals surface area contributed by atoms with Crippen LogP contribution in [0.25, 0.3) is 0 Å². The van der Waals surface area contributed by atoms with Crippen molar-refractivity contribution < 1.29 is 0 Å². The smallest absolute Gasteiger partial charge is 0.0112 e. The van der Waals surface area contributed by atoms with Gasteiger partial charge in [0.1, 0.15) is 0 Å². The van der Waals surface area contributed by atoms with Crippen LogP contribution in [0, 0.1) is 5.92 Å². The SMILES string of the molecule is CC(C1CC1)N(C)CC(CBr)c1ccccc1. The summed E-state index contributed by atoms with van der Waals surface area (Å²) in [5.41, 5.74) is 1.44. The van der Waals surface area contributed by atoms with Gasteiger partial charge in [-0.25, -0.2) is 0 Å². The highest BCUT2D eigenvalue weighted by molar-refractivity contribution is 9.09. The zero-order valence-corrected chi connectivity index (χ0v) is 12.4. The maximum atomic E-state index is 3.66. The molecule has 94 valence electrons. The fraction of sp³-hybridized carbons (Fsp3) is 0.600. The van der Waals surface area contributed by atoms with Crippen LogP contribution in [-0.2, 0) is 0 Å². The van der Waals surface area contributed by atoms with Crippen LogP contribution in [0.2, 0.25) is 0 Å². The molecule has 0 spiro atoms. The van der Waals surface area contributed by atoms with Crippen LogP contribution < -0.4 is 0 Å². The summed E-state index contributed by atoms with van der Waals surface area (Å²) >= 11 is 3.66. The Labute approximate surface area is 113 Å². The average Bonchev–Trinajstić information content (AvgIpc) is 3.20. The molecular formula is C15H22BrN. The summed E-state index contributed by atoms with van der Waals surface area (Å²) in [6, 6.07) is 11.6. The van der Waals surface area contributed by atoms with Crippen molar-refractivity contribution in [2.24, 2.45) is 5.92 Å². The number of hydrogen-bond donors (Lipinski definition) is 0. The molecule has 1 aromatic carbocycles. The topological polar surface area (TPSA) is 3.24 Å². The van der Waals surface area contributed by atoms with Crippen molar-refractivity contribution in [2.45, 2.75) is 31.7 Å². The third-order valence-electron chi connectivity index (χ3n) is 3.97. The molecule has 1 aromatic rings. The minimum atomic E-state index is 0.599. The van der Waals surface area contributed by atoms with Gasteiger partial charge in [-0.2, -0.15) is 0 Å². The van der Waals surface area contributed by atoms with Gasteiger partial charge in [0.15, 0.2) is 0 Å². The standard InChI is InChI=1S/C15H22BrN/c1-12(13-8-9-13)17(2)11-15(10-16)14-6-4-3-5-7-14/h3-7,12-13,15H,8-11H2,1-2H3. The summed E-state index contributed by atoms with van der Waals surface area (Å²) in [6.45, 7) is 3.51. The van der Waals surface area contributed by atoms with Gasteiger partial charge < -0.3 is 4.90 Å². The Morgan fingerprint density at radius 1 is 1.29 bits per heavy atom. The first kappa shape index (κ1) is 13.1. The summed E-state index contributed by atoms with van der Waals surface area (Å²) in [5, 5.41) is 1.04. The van der Waals surface area contributed by atoms with Crippen LogP contribution in [0.5, 0.6) is 0 Å². The van der Waals surface area contributed by atoms with Gasteiger partial charge in [-0.1, -0.05) is 46.3 Å². The Morgan fingerprint density at radius 2 is 1.94 bits per heavy atom. The van der Waals surface area contributed by atoms with Crippen LogP contribution in [0.1, 0.15) is 31.2 Å². The van der Waals surface area contributed by atoms with E-state index in [0.717, 1.165) is 23.8 Å². The second-order valence-electron chi connectivity index (χ2n) is 5.28.